The Morgan fingerprint density at radius 1 is 1.12 bits per heavy atom. The number of para-hydroxylation sites is 1. The predicted molar refractivity (Wildman–Crippen MR) is 164 cm³/mol. The van der Waals surface area contributed by atoms with Crippen LogP contribution >= 0.6 is 11.3 Å². The molecule has 4 rings (SSSR count). The molecule has 42 heavy (non-hydrogen) atoms. The molecule has 2 amide bonds. The number of fused-ring (bicyclic) bond motifs is 1. The lowest BCUT2D eigenvalue weighted by atomic mass is 10.1. The molecule has 0 spiro atoms. The van der Waals surface area contributed by atoms with Gasteiger partial charge in [-0.3, -0.25) is 19.4 Å². The number of rotatable bonds is 13. The molecule has 1 saturated heterocycles. The maximum absolute atomic E-state index is 13.4. The second kappa shape index (κ2) is 14.3. The zero-order valence-electron chi connectivity index (χ0n) is 23.1. The average Bonchev–Trinajstić information content (AvgIpc) is 3.32. The van der Waals surface area contributed by atoms with Gasteiger partial charge in [0.05, 0.1) is 28.6 Å². The van der Waals surface area contributed by atoms with Gasteiger partial charge in [-0.1, -0.05) is 42.5 Å². The van der Waals surface area contributed by atoms with Crippen LogP contribution in [0, 0.1) is 0 Å². The van der Waals surface area contributed by atoms with Crippen molar-refractivity contribution in [2.75, 3.05) is 19.6 Å². The van der Waals surface area contributed by atoms with E-state index < -0.39 is 33.9 Å². The minimum Gasteiger partial charge on any atom is -0.370 e. The highest BCUT2D eigenvalue weighted by molar-refractivity contribution is 7.88. The maximum atomic E-state index is 13.4. The van der Waals surface area contributed by atoms with Crippen molar-refractivity contribution < 1.29 is 24.2 Å². The van der Waals surface area contributed by atoms with Gasteiger partial charge in [-0.15, -0.1) is 11.3 Å². The summed E-state index contributed by atoms with van der Waals surface area (Å²) in [5, 5.41) is 3.03. The van der Waals surface area contributed by atoms with Crippen molar-refractivity contribution in [2.45, 2.75) is 49.9 Å². The van der Waals surface area contributed by atoms with Crippen molar-refractivity contribution in [1.82, 2.24) is 19.9 Å². The number of benzene rings is 2. The minimum absolute atomic E-state index is 0. The number of ketones is 1. The van der Waals surface area contributed by atoms with E-state index in [9.17, 15) is 22.8 Å². The van der Waals surface area contributed by atoms with E-state index in [1.54, 1.807) is 30.3 Å². The van der Waals surface area contributed by atoms with Gasteiger partial charge in [-0.2, -0.15) is 0 Å². The van der Waals surface area contributed by atoms with Gasteiger partial charge in [0.1, 0.15) is 6.04 Å². The Labute approximate surface area is 250 Å². The lowest BCUT2D eigenvalue weighted by Gasteiger charge is -2.25. The van der Waals surface area contributed by atoms with Gasteiger partial charge in [0.15, 0.2) is 11.0 Å². The van der Waals surface area contributed by atoms with Gasteiger partial charge >= 0.3 is 0 Å². The van der Waals surface area contributed by atoms with Crippen LogP contribution in [-0.2, 0) is 25.4 Å². The fourth-order valence-electron chi connectivity index (χ4n) is 4.74. The summed E-state index contributed by atoms with van der Waals surface area (Å²) in [5.41, 5.74) is 12.1. The van der Waals surface area contributed by atoms with Crippen LogP contribution in [0.5, 0.6) is 0 Å². The van der Waals surface area contributed by atoms with Crippen LogP contribution in [0.3, 0.4) is 0 Å². The molecular weight excluding hydrogens is 578 g/mol. The van der Waals surface area contributed by atoms with E-state index in [4.69, 9.17) is 11.5 Å². The number of hydrogen-bond donors (Lipinski definition) is 4. The van der Waals surface area contributed by atoms with Crippen molar-refractivity contribution >= 4 is 55.1 Å². The smallest absolute Gasteiger partial charge is 0.241 e. The molecule has 14 heteroatoms. The quantitative estimate of drug-likeness (QED) is 0.0968. The number of aliphatic imine (C=N–C) groups is 1. The van der Waals surface area contributed by atoms with Crippen molar-refractivity contribution in [2.24, 2.45) is 16.5 Å². The Morgan fingerprint density at radius 2 is 1.86 bits per heavy atom. The molecule has 2 aromatic carbocycles. The summed E-state index contributed by atoms with van der Waals surface area (Å²) < 4.78 is 29.0. The first-order valence-corrected chi connectivity index (χ1v) is 16.2. The Hall–Kier alpha value is -3.88. The van der Waals surface area contributed by atoms with Crippen LogP contribution in [0.1, 0.15) is 48.9 Å². The third-order valence-corrected chi connectivity index (χ3v) is 9.15. The van der Waals surface area contributed by atoms with Crippen LogP contribution in [0.25, 0.3) is 10.2 Å². The third-order valence-electron chi connectivity index (χ3n) is 6.74. The highest BCUT2D eigenvalue weighted by Crippen LogP contribution is 2.23. The molecule has 1 aromatic heterocycles. The van der Waals surface area contributed by atoms with Crippen LogP contribution in [-0.4, -0.2) is 73.6 Å². The molecule has 0 radical (unpaired) electrons. The fourth-order valence-corrected chi connectivity index (χ4v) is 7.06. The number of carbonyl (C=O) groups is 3. The summed E-state index contributed by atoms with van der Waals surface area (Å²) in [5.74, 6) is -1.67. The lowest BCUT2D eigenvalue weighted by Crippen LogP contribution is -2.51. The minimum atomic E-state index is -3.80. The number of guanidine groups is 1. The number of likely N-dealkylation sites (tertiary alicyclic amines) is 1. The molecule has 2 atom stereocenters. The average molecular weight is 616 g/mol. The number of carbonyl (C=O) groups excluding carboxylic acids is 3. The van der Waals surface area contributed by atoms with Gasteiger partial charge in [0, 0.05) is 14.5 Å². The number of aromatic nitrogens is 1. The topological polar surface area (TPSA) is 190 Å². The Bertz CT molecular complexity index is 1510. The van der Waals surface area contributed by atoms with Gasteiger partial charge in [-0.05, 0) is 49.8 Å². The Balaban J connectivity index is 0.00000506. The van der Waals surface area contributed by atoms with Crippen LogP contribution in [0.4, 0.5) is 0 Å². The van der Waals surface area contributed by atoms with Crippen molar-refractivity contribution in [3.8, 4) is 0 Å². The maximum Gasteiger partial charge on any atom is 0.241 e. The fraction of sp³-hybridized carbons (Fsp3) is 0.393. The van der Waals surface area contributed by atoms with Gasteiger partial charge in [-0.25, -0.2) is 18.1 Å². The van der Waals surface area contributed by atoms with Crippen molar-refractivity contribution in [3.63, 3.8) is 0 Å². The van der Waals surface area contributed by atoms with Crippen LogP contribution in [0.2, 0.25) is 0 Å². The molecule has 1 aliphatic heterocycles. The highest BCUT2D eigenvalue weighted by atomic mass is 32.2. The highest BCUT2D eigenvalue weighted by Gasteiger charge is 2.32. The molecule has 12 nitrogen and oxygen atoms in total. The van der Waals surface area contributed by atoms with Gasteiger partial charge < -0.3 is 21.7 Å². The SMILES string of the molecule is NC(N)=NCCC[C@H](NC(=O)CN1CCCC[C@H](NS(=O)(=O)Cc2ccccc2)C1=O)C(=O)c1nc2ccccc2s1.[HH]. The summed E-state index contributed by atoms with van der Waals surface area (Å²) >= 11 is 1.24. The number of amides is 2. The molecule has 1 fully saturated rings. The predicted octanol–water partition coefficient (Wildman–Crippen LogP) is 1.76. The van der Waals surface area contributed by atoms with E-state index in [-0.39, 0.29) is 43.4 Å². The molecule has 3 aromatic rings. The number of thiazole rings is 1. The van der Waals surface area contributed by atoms with Crippen molar-refractivity contribution in [1.29, 1.82) is 0 Å². The third kappa shape index (κ3) is 8.81. The normalized spacial score (nSPS) is 16.5. The molecule has 226 valence electrons. The molecule has 0 saturated carbocycles. The number of nitrogens with zero attached hydrogens (tertiary/aromatic N) is 3. The standard InChI is InChI=1S/C28H35N7O5S2.H2/c29-28(30)31-15-8-13-21(25(37)26-33-20-11-4-5-14-23(20)41-26)32-24(36)17-35-16-7-6-12-22(27(35)38)34-42(39,40)18-19-9-2-1-3-10-19;/h1-5,9-11,14,21-22,34H,6-8,12-13,15-18H2,(H,32,36)(H4,29,30,31);1H/t21-,22-;/m0./s1. The monoisotopic (exact) mass is 615 g/mol. The number of sulfonamides is 1. The van der Waals surface area contributed by atoms with E-state index in [0.717, 1.165) is 4.70 Å². The summed E-state index contributed by atoms with van der Waals surface area (Å²) in [6, 6.07) is 14.2. The molecular formula is C28H37N7O5S2. The molecule has 1 aliphatic rings. The zero-order chi connectivity index (χ0) is 30.1. The van der Waals surface area contributed by atoms with Crippen molar-refractivity contribution in [3.05, 3.63) is 65.2 Å². The summed E-state index contributed by atoms with van der Waals surface area (Å²) in [7, 11) is -3.80. The molecule has 0 aliphatic carbocycles. The van der Waals surface area contributed by atoms with Crippen LogP contribution < -0.4 is 21.5 Å². The molecule has 0 unspecified atom stereocenters. The Morgan fingerprint density at radius 3 is 2.60 bits per heavy atom. The molecule has 2 heterocycles. The number of Topliss-reactive ketones (excluding diaryl/α,β-unsaturated/α-hetero) is 1. The van der Waals surface area contributed by atoms with E-state index in [1.165, 1.54) is 16.2 Å². The lowest BCUT2D eigenvalue weighted by molar-refractivity contribution is -0.137. The first-order valence-electron chi connectivity index (χ1n) is 13.7. The van der Waals surface area contributed by atoms with Crippen LogP contribution in [0.15, 0.2) is 59.6 Å². The summed E-state index contributed by atoms with van der Waals surface area (Å²) in [6.45, 7) is 0.259. The summed E-state index contributed by atoms with van der Waals surface area (Å²) in [4.78, 5) is 49.7. The summed E-state index contributed by atoms with van der Waals surface area (Å²) in [6.07, 6.45) is 2.24. The molecule has 6 N–H and O–H groups in total. The zero-order valence-corrected chi connectivity index (χ0v) is 24.7. The molecule has 0 bridgehead atoms. The van der Waals surface area contributed by atoms with Gasteiger partial charge in [0.25, 0.3) is 0 Å². The largest absolute Gasteiger partial charge is 0.370 e. The van der Waals surface area contributed by atoms with E-state index >= 15 is 0 Å². The number of nitrogens with one attached hydrogen (secondary N) is 2. The second-order valence-electron chi connectivity index (χ2n) is 10.1. The second-order valence-corrected chi connectivity index (χ2v) is 12.9. The van der Waals surface area contributed by atoms with E-state index in [1.807, 2.05) is 24.3 Å². The van der Waals surface area contributed by atoms with Gasteiger partial charge in [0.2, 0.25) is 27.6 Å². The number of hydrogen-bond acceptors (Lipinski definition) is 8. The van der Waals surface area contributed by atoms with E-state index in [2.05, 4.69) is 20.0 Å². The first kappa shape index (κ1) is 31.1. The first-order chi connectivity index (χ1) is 20.1. The van der Waals surface area contributed by atoms with E-state index in [0.29, 0.717) is 43.3 Å². The Kier molecular flexibility index (Phi) is 10.6. The number of nitrogens with two attached hydrogens (primary N) is 2.